The number of rotatable bonds is 16. The number of carbonyl (C=O) groups excluding carboxylic acids is 1. The minimum atomic E-state index is -3.81. The molecule has 2 unspecified atom stereocenters. The maximum Gasteiger partial charge on any atom is 0.243 e. The van der Waals surface area contributed by atoms with E-state index in [0.29, 0.717) is 51.0 Å². The third-order valence-electron chi connectivity index (χ3n) is 7.36. The van der Waals surface area contributed by atoms with Gasteiger partial charge in [0.25, 0.3) is 0 Å². The second kappa shape index (κ2) is 15.7. The van der Waals surface area contributed by atoms with Crippen LogP contribution in [0.15, 0.2) is 71.6 Å². The summed E-state index contributed by atoms with van der Waals surface area (Å²) in [5.74, 6) is 0.0282. The van der Waals surface area contributed by atoms with Crippen molar-refractivity contribution >= 4 is 32.4 Å². The van der Waals surface area contributed by atoms with Gasteiger partial charge in [0.15, 0.2) is 0 Å². The highest BCUT2D eigenvalue weighted by molar-refractivity contribution is 7.89. The molecule has 0 spiro atoms. The maximum absolute atomic E-state index is 13.5. The van der Waals surface area contributed by atoms with E-state index in [1.165, 1.54) is 21.8 Å². The lowest BCUT2D eigenvalue weighted by molar-refractivity contribution is -0.123. The number of sulfonamides is 1. The molecule has 3 aromatic carbocycles. The van der Waals surface area contributed by atoms with E-state index in [4.69, 9.17) is 5.73 Å². The van der Waals surface area contributed by atoms with E-state index in [2.05, 4.69) is 61.7 Å². The SMILES string of the molecule is CC(C)CN(C(CO)CCCCNC(=O)C(Cc1ccc2ccccc2c1)NCC(C)(C)C)S(=O)(=O)c1ccc(N)cc1. The smallest absolute Gasteiger partial charge is 0.243 e. The van der Waals surface area contributed by atoms with Gasteiger partial charge in [-0.2, -0.15) is 4.31 Å². The number of nitrogens with one attached hydrogen (secondary N) is 2. The Morgan fingerprint density at radius 1 is 0.977 bits per heavy atom. The van der Waals surface area contributed by atoms with E-state index in [0.717, 1.165) is 10.9 Å². The zero-order valence-electron chi connectivity index (χ0n) is 26.3. The Hall–Kier alpha value is -2.98. The van der Waals surface area contributed by atoms with Gasteiger partial charge in [0.05, 0.1) is 17.5 Å². The first-order valence-corrected chi connectivity index (χ1v) is 16.7. The Morgan fingerprint density at radius 3 is 2.28 bits per heavy atom. The number of fused-ring (bicyclic) bond motifs is 1. The lowest BCUT2D eigenvalue weighted by Crippen LogP contribution is -2.48. The Kier molecular flexibility index (Phi) is 12.6. The number of benzene rings is 3. The van der Waals surface area contributed by atoms with Crippen molar-refractivity contribution in [3.05, 3.63) is 72.3 Å². The van der Waals surface area contributed by atoms with Crippen LogP contribution in [0.3, 0.4) is 0 Å². The molecule has 2 atom stereocenters. The van der Waals surface area contributed by atoms with Crippen molar-refractivity contribution in [2.24, 2.45) is 11.3 Å². The first kappa shape index (κ1) is 34.5. The molecule has 0 heterocycles. The van der Waals surface area contributed by atoms with Crippen LogP contribution >= 0.6 is 0 Å². The van der Waals surface area contributed by atoms with Crippen LogP contribution in [-0.4, -0.2) is 62.1 Å². The van der Waals surface area contributed by atoms with Crippen LogP contribution < -0.4 is 16.4 Å². The van der Waals surface area contributed by atoms with Crippen molar-refractivity contribution in [1.29, 1.82) is 0 Å². The third-order valence-corrected chi connectivity index (χ3v) is 9.29. The number of anilines is 1. The molecule has 9 heteroatoms. The summed E-state index contributed by atoms with van der Waals surface area (Å²) in [7, 11) is -3.81. The number of aliphatic hydroxyl groups excluding tert-OH is 1. The molecule has 0 aliphatic rings. The fourth-order valence-electron chi connectivity index (χ4n) is 5.03. The quantitative estimate of drug-likeness (QED) is 0.134. The summed E-state index contributed by atoms with van der Waals surface area (Å²) in [6.45, 7) is 11.5. The molecule has 8 nitrogen and oxygen atoms in total. The highest BCUT2D eigenvalue weighted by Gasteiger charge is 2.31. The Morgan fingerprint density at radius 2 is 1.65 bits per heavy atom. The topological polar surface area (TPSA) is 125 Å². The summed E-state index contributed by atoms with van der Waals surface area (Å²) in [5, 5.41) is 19.1. The number of nitrogens with two attached hydrogens (primary N) is 1. The second-order valence-corrected chi connectivity index (χ2v) is 14.9. The minimum absolute atomic E-state index is 0.0236. The lowest BCUT2D eigenvalue weighted by atomic mass is 9.95. The monoisotopic (exact) mass is 610 g/mol. The van der Waals surface area contributed by atoms with Crippen LogP contribution in [0.4, 0.5) is 5.69 Å². The van der Waals surface area contributed by atoms with Gasteiger partial charge in [-0.25, -0.2) is 8.42 Å². The summed E-state index contributed by atoms with van der Waals surface area (Å²) in [4.78, 5) is 13.5. The molecule has 0 aromatic heterocycles. The van der Waals surface area contributed by atoms with E-state index in [9.17, 15) is 18.3 Å². The normalized spacial score (nSPS) is 13.9. The van der Waals surface area contributed by atoms with Crippen molar-refractivity contribution in [3.8, 4) is 0 Å². The fourth-order valence-corrected chi connectivity index (χ4v) is 6.84. The minimum Gasteiger partial charge on any atom is -0.399 e. The molecule has 0 saturated heterocycles. The number of hydrogen-bond donors (Lipinski definition) is 4. The molecule has 0 radical (unpaired) electrons. The Labute approximate surface area is 258 Å². The van der Waals surface area contributed by atoms with Gasteiger partial charge in [0, 0.05) is 31.4 Å². The predicted octanol–water partition coefficient (Wildman–Crippen LogP) is 4.96. The Bertz CT molecular complexity index is 1420. The number of unbranched alkanes of at least 4 members (excludes halogenated alkanes) is 1. The van der Waals surface area contributed by atoms with Crippen LogP contribution in [0.5, 0.6) is 0 Å². The molecular formula is C34H50N4O4S. The first-order chi connectivity index (χ1) is 20.3. The largest absolute Gasteiger partial charge is 0.399 e. The van der Waals surface area contributed by atoms with Crippen LogP contribution in [0.1, 0.15) is 59.4 Å². The van der Waals surface area contributed by atoms with E-state index in [1.807, 2.05) is 26.0 Å². The standard InChI is InChI=1S/C34H50N4O4S/c1-25(2)22-38(43(41,42)31-17-15-29(35)16-18-31)30(23-39)12-8-9-19-36-33(40)32(37-24-34(3,4)5)21-26-13-14-27-10-6-7-11-28(27)20-26/h6-7,10-11,13-18,20,25,30,32,37,39H,8-9,12,19,21-24,35H2,1-5H3,(H,36,40). The highest BCUT2D eigenvalue weighted by atomic mass is 32.2. The number of nitrogens with zero attached hydrogens (tertiary/aromatic N) is 1. The maximum atomic E-state index is 13.5. The fraction of sp³-hybridized carbons (Fsp3) is 0.500. The van der Waals surface area contributed by atoms with Crippen molar-refractivity contribution < 1.29 is 18.3 Å². The average Bonchev–Trinajstić information content (AvgIpc) is 2.95. The van der Waals surface area contributed by atoms with Gasteiger partial charge in [-0.1, -0.05) is 83.5 Å². The number of nitrogen functional groups attached to an aromatic ring is 1. The average molecular weight is 611 g/mol. The highest BCUT2D eigenvalue weighted by Crippen LogP contribution is 2.23. The molecule has 236 valence electrons. The molecule has 0 saturated carbocycles. The molecule has 43 heavy (non-hydrogen) atoms. The molecule has 0 aliphatic carbocycles. The number of aliphatic hydroxyl groups is 1. The summed E-state index contributed by atoms with van der Waals surface area (Å²) >= 11 is 0. The number of carbonyl (C=O) groups is 1. The van der Waals surface area contributed by atoms with Crippen molar-refractivity contribution in [1.82, 2.24) is 14.9 Å². The van der Waals surface area contributed by atoms with Crippen molar-refractivity contribution in [2.45, 2.75) is 77.3 Å². The summed E-state index contributed by atoms with van der Waals surface area (Å²) in [6.07, 6.45) is 2.38. The molecule has 0 aliphatic heterocycles. The van der Waals surface area contributed by atoms with E-state index >= 15 is 0 Å². The van der Waals surface area contributed by atoms with Crippen LogP contribution in [0, 0.1) is 11.3 Å². The van der Waals surface area contributed by atoms with Gasteiger partial charge in [-0.05, 0) is 71.2 Å². The summed E-state index contributed by atoms with van der Waals surface area (Å²) in [5.41, 5.74) is 7.37. The molecule has 0 bridgehead atoms. The summed E-state index contributed by atoms with van der Waals surface area (Å²) < 4.78 is 28.4. The van der Waals surface area contributed by atoms with Crippen molar-refractivity contribution in [2.75, 3.05) is 32.0 Å². The molecule has 3 rings (SSSR count). The van der Waals surface area contributed by atoms with Gasteiger partial charge in [-0.15, -0.1) is 0 Å². The van der Waals surface area contributed by atoms with Gasteiger partial charge in [0.2, 0.25) is 15.9 Å². The zero-order valence-corrected chi connectivity index (χ0v) is 27.2. The van der Waals surface area contributed by atoms with E-state index < -0.39 is 16.1 Å². The third kappa shape index (κ3) is 10.6. The zero-order chi connectivity index (χ0) is 31.6. The van der Waals surface area contributed by atoms with E-state index in [-0.39, 0.29) is 34.8 Å². The molecule has 0 fully saturated rings. The molecule has 1 amide bonds. The first-order valence-electron chi connectivity index (χ1n) is 15.3. The Balaban J connectivity index is 1.60. The number of hydrogen-bond acceptors (Lipinski definition) is 6. The lowest BCUT2D eigenvalue weighted by Gasteiger charge is -2.31. The van der Waals surface area contributed by atoms with Gasteiger partial charge >= 0.3 is 0 Å². The molecular weight excluding hydrogens is 560 g/mol. The van der Waals surface area contributed by atoms with Gasteiger partial charge < -0.3 is 21.5 Å². The molecule has 3 aromatic rings. The summed E-state index contributed by atoms with van der Waals surface area (Å²) in [6, 6.07) is 19.7. The van der Waals surface area contributed by atoms with Gasteiger partial charge in [0.1, 0.15) is 0 Å². The van der Waals surface area contributed by atoms with Crippen molar-refractivity contribution in [3.63, 3.8) is 0 Å². The molecule has 5 N–H and O–H groups in total. The second-order valence-electron chi connectivity index (χ2n) is 13.0. The number of amides is 1. The van der Waals surface area contributed by atoms with Gasteiger partial charge in [-0.3, -0.25) is 4.79 Å². The van der Waals surface area contributed by atoms with E-state index in [1.54, 1.807) is 12.1 Å². The van der Waals surface area contributed by atoms with Crippen LogP contribution in [-0.2, 0) is 21.2 Å². The van der Waals surface area contributed by atoms with Crippen LogP contribution in [0.25, 0.3) is 10.8 Å². The van der Waals surface area contributed by atoms with Crippen LogP contribution in [0.2, 0.25) is 0 Å². The predicted molar refractivity (Wildman–Crippen MR) is 176 cm³/mol.